The highest BCUT2D eigenvalue weighted by molar-refractivity contribution is 5.97. The summed E-state index contributed by atoms with van der Waals surface area (Å²) in [5.41, 5.74) is 2.81. The number of aromatic nitrogens is 5. The number of fused-ring (bicyclic) bond motifs is 1. The van der Waals surface area contributed by atoms with Crippen LogP contribution in [0, 0.1) is 13.8 Å². The first-order valence-corrected chi connectivity index (χ1v) is 11.1. The molecule has 1 aliphatic rings. The van der Waals surface area contributed by atoms with Crippen LogP contribution >= 0.6 is 0 Å². The smallest absolute Gasteiger partial charge is 0.451 e. The second kappa shape index (κ2) is 9.16. The molecule has 0 unspecified atom stereocenters. The molecule has 0 fully saturated rings. The van der Waals surface area contributed by atoms with Crippen LogP contribution in [0.1, 0.15) is 58.2 Å². The number of ether oxygens (including phenoxy) is 1. The minimum absolute atomic E-state index is 0.0667. The fourth-order valence-corrected chi connectivity index (χ4v) is 3.96. The van der Waals surface area contributed by atoms with E-state index in [9.17, 15) is 22.8 Å². The molecule has 0 atom stereocenters. The standard InChI is InChI=1S/C23H25F3N6O3/c1-12(2)35-18-6-5-15(10-17-13(3)14(4)20(33)29-27-17)9-16(18)21(34)31-7-8-32-19(11-31)28-30-22(32)23(24,25)26/h5-6,9,12H,7-8,10-11H2,1-4H3,(H,29,33). The summed E-state index contributed by atoms with van der Waals surface area (Å²) in [7, 11) is 0. The third-order valence-electron chi connectivity index (χ3n) is 5.93. The Morgan fingerprint density at radius 3 is 2.60 bits per heavy atom. The SMILES string of the molecule is Cc1c(Cc2ccc(OC(C)C)c(C(=O)N3CCn4c(nnc4C(F)(F)F)C3)c2)n[nH]c(=O)c1C. The van der Waals surface area contributed by atoms with E-state index >= 15 is 0 Å². The maximum atomic E-state index is 13.5. The first kappa shape index (κ1) is 24.4. The average Bonchev–Trinajstić information content (AvgIpc) is 3.23. The van der Waals surface area contributed by atoms with Crippen LogP contribution in [-0.4, -0.2) is 48.4 Å². The van der Waals surface area contributed by atoms with Crippen molar-refractivity contribution < 1.29 is 22.7 Å². The number of hydrogen-bond acceptors (Lipinski definition) is 6. The Bertz CT molecular complexity index is 1330. The lowest BCUT2D eigenvalue weighted by Gasteiger charge is -2.29. The van der Waals surface area contributed by atoms with Crippen LogP contribution in [0.5, 0.6) is 5.75 Å². The Morgan fingerprint density at radius 2 is 1.91 bits per heavy atom. The summed E-state index contributed by atoms with van der Waals surface area (Å²) in [6.07, 6.45) is -4.44. The molecule has 1 aliphatic heterocycles. The molecule has 12 heteroatoms. The Balaban J connectivity index is 1.64. The van der Waals surface area contributed by atoms with E-state index in [1.165, 1.54) is 4.90 Å². The fourth-order valence-electron chi connectivity index (χ4n) is 3.96. The van der Waals surface area contributed by atoms with E-state index < -0.39 is 12.0 Å². The van der Waals surface area contributed by atoms with Gasteiger partial charge in [0, 0.05) is 25.1 Å². The molecule has 1 N–H and O–H groups in total. The molecule has 9 nitrogen and oxygen atoms in total. The molecule has 0 radical (unpaired) electrons. The minimum Gasteiger partial charge on any atom is -0.490 e. The van der Waals surface area contributed by atoms with Gasteiger partial charge >= 0.3 is 6.18 Å². The van der Waals surface area contributed by atoms with Crippen LogP contribution in [0.3, 0.4) is 0 Å². The highest BCUT2D eigenvalue weighted by Gasteiger charge is 2.40. The van der Waals surface area contributed by atoms with Gasteiger partial charge in [-0.1, -0.05) is 6.07 Å². The number of rotatable bonds is 5. The van der Waals surface area contributed by atoms with Gasteiger partial charge in [0.05, 0.1) is 23.9 Å². The molecular formula is C23H25F3N6O3. The molecular weight excluding hydrogens is 465 g/mol. The van der Waals surface area contributed by atoms with Crippen molar-refractivity contribution in [3.8, 4) is 5.75 Å². The third kappa shape index (κ3) is 4.91. The molecule has 0 spiro atoms. The number of hydrogen-bond donors (Lipinski definition) is 1. The number of benzene rings is 1. The van der Waals surface area contributed by atoms with E-state index in [-0.39, 0.29) is 43.0 Å². The number of aromatic amines is 1. The van der Waals surface area contributed by atoms with E-state index in [1.807, 2.05) is 26.8 Å². The molecule has 186 valence electrons. The summed E-state index contributed by atoms with van der Waals surface area (Å²) >= 11 is 0. The van der Waals surface area contributed by atoms with Crippen molar-refractivity contribution in [2.45, 2.75) is 59.5 Å². The van der Waals surface area contributed by atoms with Crippen molar-refractivity contribution in [3.63, 3.8) is 0 Å². The van der Waals surface area contributed by atoms with Crippen LogP contribution in [0.2, 0.25) is 0 Å². The lowest BCUT2D eigenvalue weighted by molar-refractivity contribution is -0.147. The topological polar surface area (TPSA) is 106 Å². The summed E-state index contributed by atoms with van der Waals surface area (Å²) in [4.78, 5) is 26.7. The first-order valence-electron chi connectivity index (χ1n) is 11.1. The zero-order valence-corrected chi connectivity index (χ0v) is 19.7. The van der Waals surface area contributed by atoms with Crippen molar-refractivity contribution in [2.24, 2.45) is 0 Å². The van der Waals surface area contributed by atoms with E-state index in [1.54, 1.807) is 19.1 Å². The Morgan fingerprint density at radius 1 is 1.17 bits per heavy atom. The molecule has 0 saturated heterocycles. The zero-order valence-electron chi connectivity index (χ0n) is 19.7. The molecule has 2 aromatic heterocycles. The monoisotopic (exact) mass is 490 g/mol. The zero-order chi connectivity index (χ0) is 25.5. The quantitative estimate of drug-likeness (QED) is 0.590. The van der Waals surface area contributed by atoms with Crippen LogP contribution < -0.4 is 10.3 Å². The van der Waals surface area contributed by atoms with Crippen molar-refractivity contribution in [2.75, 3.05) is 6.54 Å². The predicted octanol–water partition coefficient (Wildman–Crippen LogP) is 3.03. The van der Waals surface area contributed by atoms with Gasteiger partial charge in [0.25, 0.3) is 11.5 Å². The number of carbonyl (C=O) groups excluding carboxylic acids is 1. The lowest BCUT2D eigenvalue weighted by atomic mass is 10.0. The van der Waals surface area contributed by atoms with Gasteiger partial charge in [-0.15, -0.1) is 10.2 Å². The van der Waals surface area contributed by atoms with Crippen molar-refractivity contribution >= 4 is 5.91 Å². The molecule has 0 saturated carbocycles. The van der Waals surface area contributed by atoms with Crippen molar-refractivity contribution in [1.29, 1.82) is 0 Å². The predicted molar refractivity (Wildman–Crippen MR) is 119 cm³/mol. The Hall–Kier alpha value is -3.70. The average molecular weight is 490 g/mol. The van der Waals surface area contributed by atoms with E-state index in [0.29, 0.717) is 29.0 Å². The number of amides is 1. The van der Waals surface area contributed by atoms with Crippen molar-refractivity contribution in [1.82, 2.24) is 29.9 Å². The molecule has 0 bridgehead atoms. The summed E-state index contributed by atoms with van der Waals surface area (Å²) < 4.78 is 46.3. The summed E-state index contributed by atoms with van der Waals surface area (Å²) in [5, 5.41) is 13.5. The van der Waals surface area contributed by atoms with Gasteiger partial charge in [0.1, 0.15) is 5.75 Å². The summed E-state index contributed by atoms with van der Waals surface area (Å²) in [6.45, 7) is 7.09. The van der Waals surface area contributed by atoms with Gasteiger partial charge in [-0.05, 0) is 51.0 Å². The summed E-state index contributed by atoms with van der Waals surface area (Å²) in [6, 6.07) is 5.21. The molecule has 35 heavy (non-hydrogen) atoms. The first-order chi connectivity index (χ1) is 16.5. The van der Waals surface area contributed by atoms with Gasteiger partial charge in [-0.2, -0.15) is 18.3 Å². The molecule has 0 aliphatic carbocycles. The normalized spacial score (nSPS) is 13.8. The molecule has 4 rings (SSSR count). The van der Waals surface area contributed by atoms with Crippen LogP contribution in [0.25, 0.3) is 0 Å². The van der Waals surface area contributed by atoms with Gasteiger partial charge in [-0.3, -0.25) is 9.59 Å². The number of carbonyl (C=O) groups is 1. The molecule has 1 aromatic carbocycles. The number of H-pyrrole nitrogens is 1. The van der Waals surface area contributed by atoms with Crippen LogP contribution in [0.15, 0.2) is 23.0 Å². The third-order valence-corrected chi connectivity index (χ3v) is 5.93. The second-order valence-electron chi connectivity index (χ2n) is 8.74. The van der Waals surface area contributed by atoms with Crippen LogP contribution in [-0.2, 0) is 25.7 Å². The van der Waals surface area contributed by atoms with Crippen LogP contribution in [0.4, 0.5) is 13.2 Å². The Labute approximate surface area is 198 Å². The van der Waals surface area contributed by atoms with Gasteiger partial charge in [-0.25, -0.2) is 5.10 Å². The largest absolute Gasteiger partial charge is 0.490 e. The molecule has 3 aromatic rings. The maximum Gasteiger partial charge on any atom is 0.451 e. The van der Waals surface area contributed by atoms with E-state index in [2.05, 4.69) is 20.4 Å². The van der Waals surface area contributed by atoms with Crippen molar-refractivity contribution in [3.05, 3.63) is 68.1 Å². The van der Waals surface area contributed by atoms with E-state index in [4.69, 9.17) is 4.74 Å². The van der Waals surface area contributed by atoms with Gasteiger partial charge in [0.15, 0.2) is 5.82 Å². The number of alkyl halides is 3. The van der Waals surface area contributed by atoms with Gasteiger partial charge in [0.2, 0.25) is 5.82 Å². The molecule has 3 heterocycles. The lowest BCUT2D eigenvalue weighted by Crippen LogP contribution is -2.39. The Kier molecular flexibility index (Phi) is 6.39. The number of nitrogens with zero attached hydrogens (tertiary/aromatic N) is 5. The highest BCUT2D eigenvalue weighted by atomic mass is 19.4. The fraction of sp³-hybridized carbons (Fsp3) is 0.435. The number of halogens is 3. The van der Waals surface area contributed by atoms with E-state index in [0.717, 1.165) is 15.7 Å². The number of nitrogens with one attached hydrogen (secondary N) is 1. The summed E-state index contributed by atoms with van der Waals surface area (Å²) in [5.74, 6) is -1.00. The minimum atomic E-state index is -4.61. The molecule has 1 amide bonds. The van der Waals surface area contributed by atoms with Gasteiger partial charge < -0.3 is 14.2 Å². The highest BCUT2D eigenvalue weighted by Crippen LogP contribution is 2.31. The second-order valence-corrected chi connectivity index (χ2v) is 8.74. The maximum absolute atomic E-state index is 13.5.